The molecule has 10 heteroatoms. The van der Waals surface area contributed by atoms with Crippen LogP contribution >= 0.6 is 0 Å². The average molecular weight is 621 g/mol. The second-order valence-electron chi connectivity index (χ2n) is 12.2. The van der Waals surface area contributed by atoms with Gasteiger partial charge in [0, 0.05) is 5.92 Å². The molecule has 2 aromatic rings. The lowest BCUT2D eigenvalue weighted by Gasteiger charge is -2.30. The molecule has 0 bridgehead atoms. The summed E-state index contributed by atoms with van der Waals surface area (Å²) in [6, 6.07) is 14.9. The first-order valence-corrected chi connectivity index (χ1v) is 16.0. The van der Waals surface area contributed by atoms with Gasteiger partial charge in [0.1, 0.15) is 24.2 Å². The first kappa shape index (κ1) is 35.3. The molecule has 1 fully saturated rings. The maximum atomic E-state index is 14.2. The molecule has 0 unspecified atom stereocenters. The molecule has 4 amide bonds. The van der Waals surface area contributed by atoms with Crippen LogP contribution in [0.15, 0.2) is 60.7 Å². The summed E-state index contributed by atoms with van der Waals surface area (Å²) in [5.74, 6) is -4.08. The van der Waals surface area contributed by atoms with Crippen molar-refractivity contribution >= 4 is 29.6 Å². The van der Waals surface area contributed by atoms with Gasteiger partial charge in [0.2, 0.25) is 23.6 Å². The zero-order valence-corrected chi connectivity index (χ0v) is 26.8. The molecule has 10 nitrogen and oxygen atoms in total. The highest BCUT2D eigenvalue weighted by atomic mass is 16.5. The summed E-state index contributed by atoms with van der Waals surface area (Å²) in [4.78, 5) is 67.2. The Kier molecular flexibility index (Phi) is 13.6. The number of unbranched alkanes of at least 4 members (excludes halogenated alkanes) is 1. The minimum absolute atomic E-state index is 0.0591. The van der Waals surface area contributed by atoms with E-state index >= 15 is 0 Å². The Morgan fingerprint density at radius 3 is 1.98 bits per heavy atom. The van der Waals surface area contributed by atoms with Crippen LogP contribution in [0.3, 0.4) is 0 Å². The summed E-state index contributed by atoms with van der Waals surface area (Å²) in [7, 11) is 0. The summed E-state index contributed by atoms with van der Waals surface area (Å²) in [6.45, 7) is 7.93. The van der Waals surface area contributed by atoms with E-state index in [1.54, 1.807) is 0 Å². The SMILES string of the molecule is CCCC[C@H](C)[C@@H]1CC(=O)N[C@@H](C(c2ccccc2)c2ccccc2)C(=O)N[C@@H](CC(N)=O)C(=O)N[C@H](C[C@@H](C)CC)C(=O)O1. The van der Waals surface area contributed by atoms with E-state index in [4.69, 9.17) is 10.5 Å². The fourth-order valence-electron chi connectivity index (χ4n) is 5.64. The van der Waals surface area contributed by atoms with Gasteiger partial charge in [-0.1, -0.05) is 108 Å². The van der Waals surface area contributed by atoms with Crippen LogP contribution in [-0.2, 0) is 28.7 Å². The number of carbonyl (C=O) groups is 5. The summed E-state index contributed by atoms with van der Waals surface area (Å²) in [5, 5.41) is 8.31. The van der Waals surface area contributed by atoms with Crippen molar-refractivity contribution in [1.82, 2.24) is 16.0 Å². The minimum Gasteiger partial charge on any atom is -0.460 e. The van der Waals surface area contributed by atoms with Crippen molar-refractivity contribution in [3.05, 3.63) is 71.8 Å². The maximum absolute atomic E-state index is 14.2. The molecule has 6 atom stereocenters. The first-order valence-electron chi connectivity index (χ1n) is 16.0. The molecule has 45 heavy (non-hydrogen) atoms. The monoisotopic (exact) mass is 620 g/mol. The van der Waals surface area contributed by atoms with E-state index in [0.717, 1.165) is 36.8 Å². The molecule has 0 radical (unpaired) electrons. The Labute approximate surface area is 266 Å². The zero-order chi connectivity index (χ0) is 32.9. The molecular formula is C35H48N4O6. The number of nitrogens with two attached hydrogens (primary N) is 1. The molecule has 0 aromatic heterocycles. The highest BCUT2D eigenvalue weighted by molar-refractivity contribution is 5.96. The molecule has 2 aromatic carbocycles. The summed E-state index contributed by atoms with van der Waals surface area (Å²) in [5.41, 5.74) is 7.02. The molecule has 244 valence electrons. The fourth-order valence-corrected chi connectivity index (χ4v) is 5.64. The molecule has 0 saturated carbocycles. The maximum Gasteiger partial charge on any atom is 0.328 e. The Balaban J connectivity index is 2.12. The number of nitrogens with one attached hydrogen (secondary N) is 3. The predicted molar refractivity (Wildman–Crippen MR) is 172 cm³/mol. The molecule has 0 spiro atoms. The van der Waals surface area contributed by atoms with Crippen LogP contribution in [-0.4, -0.2) is 53.8 Å². The van der Waals surface area contributed by atoms with Crippen LogP contribution in [0.4, 0.5) is 0 Å². The van der Waals surface area contributed by atoms with Crippen molar-refractivity contribution in [3.8, 4) is 0 Å². The van der Waals surface area contributed by atoms with Gasteiger partial charge in [0.15, 0.2) is 0 Å². The Morgan fingerprint density at radius 1 is 0.867 bits per heavy atom. The number of carbonyl (C=O) groups excluding carboxylic acids is 5. The predicted octanol–water partition coefficient (Wildman–Crippen LogP) is 3.73. The second-order valence-corrected chi connectivity index (χ2v) is 12.2. The van der Waals surface area contributed by atoms with Crippen LogP contribution in [0.5, 0.6) is 0 Å². The van der Waals surface area contributed by atoms with E-state index in [2.05, 4.69) is 22.9 Å². The quantitative estimate of drug-likeness (QED) is 0.265. The zero-order valence-electron chi connectivity index (χ0n) is 26.8. The van der Waals surface area contributed by atoms with E-state index in [0.29, 0.717) is 0 Å². The van der Waals surface area contributed by atoms with Crippen LogP contribution in [0, 0.1) is 11.8 Å². The highest BCUT2D eigenvalue weighted by Gasteiger charge is 2.38. The van der Waals surface area contributed by atoms with Gasteiger partial charge in [-0.25, -0.2) is 4.79 Å². The van der Waals surface area contributed by atoms with Gasteiger partial charge < -0.3 is 26.4 Å². The van der Waals surface area contributed by atoms with Crippen LogP contribution in [0.25, 0.3) is 0 Å². The lowest BCUT2D eigenvalue weighted by molar-refractivity contribution is -0.157. The largest absolute Gasteiger partial charge is 0.460 e. The summed E-state index contributed by atoms with van der Waals surface area (Å²) < 4.78 is 6.00. The van der Waals surface area contributed by atoms with Gasteiger partial charge in [0.05, 0.1) is 12.8 Å². The van der Waals surface area contributed by atoms with Crippen molar-refractivity contribution in [1.29, 1.82) is 0 Å². The van der Waals surface area contributed by atoms with Crippen molar-refractivity contribution in [3.63, 3.8) is 0 Å². The Morgan fingerprint density at radius 2 is 1.44 bits per heavy atom. The lowest BCUT2D eigenvalue weighted by Crippen LogP contribution is -2.57. The third kappa shape index (κ3) is 10.4. The topological polar surface area (TPSA) is 157 Å². The van der Waals surface area contributed by atoms with Gasteiger partial charge in [-0.3, -0.25) is 19.2 Å². The third-order valence-electron chi connectivity index (χ3n) is 8.53. The molecule has 1 aliphatic rings. The van der Waals surface area contributed by atoms with Crippen LogP contribution < -0.4 is 21.7 Å². The molecule has 5 N–H and O–H groups in total. The smallest absolute Gasteiger partial charge is 0.328 e. The van der Waals surface area contributed by atoms with E-state index in [9.17, 15) is 24.0 Å². The Hall–Kier alpha value is -4.21. The second kappa shape index (κ2) is 17.3. The number of esters is 1. The number of amides is 4. The lowest BCUT2D eigenvalue weighted by atomic mass is 9.84. The number of primary amides is 1. The average Bonchev–Trinajstić information content (AvgIpc) is 3.02. The van der Waals surface area contributed by atoms with E-state index < -0.39 is 66.2 Å². The van der Waals surface area contributed by atoms with Crippen LogP contribution in [0.1, 0.15) is 89.7 Å². The van der Waals surface area contributed by atoms with E-state index in [1.807, 2.05) is 81.4 Å². The summed E-state index contributed by atoms with van der Waals surface area (Å²) >= 11 is 0. The minimum atomic E-state index is -1.38. The molecule has 3 rings (SSSR count). The molecule has 0 aliphatic carbocycles. The van der Waals surface area contributed by atoms with E-state index in [-0.39, 0.29) is 24.7 Å². The normalized spacial score (nSPS) is 22.9. The Bertz CT molecular complexity index is 1250. The van der Waals surface area contributed by atoms with Gasteiger partial charge in [0.25, 0.3) is 0 Å². The van der Waals surface area contributed by atoms with Crippen molar-refractivity contribution < 1.29 is 28.7 Å². The number of hydrogen-bond acceptors (Lipinski definition) is 6. The van der Waals surface area contributed by atoms with Gasteiger partial charge >= 0.3 is 5.97 Å². The number of ether oxygens (including phenoxy) is 1. The highest BCUT2D eigenvalue weighted by Crippen LogP contribution is 2.29. The van der Waals surface area contributed by atoms with Crippen LogP contribution in [0.2, 0.25) is 0 Å². The van der Waals surface area contributed by atoms with Crippen molar-refractivity contribution in [2.45, 2.75) is 103 Å². The fraction of sp³-hybridized carbons (Fsp3) is 0.514. The number of cyclic esters (lactones) is 1. The molecular weight excluding hydrogens is 572 g/mol. The van der Waals surface area contributed by atoms with Crippen molar-refractivity contribution in [2.24, 2.45) is 17.6 Å². The van der Waals surface area contributed by atoms with Gasteiger partial charge in [-0.05, 0) is 35.8 Å². The molecule has 1 heterocycles. The first-order chi connectivity index (χ1) is 21.5. The number of hydrogen-bond donors (Lipinski definition) is 4. The standard InChI is InChI=1S/C35H48N4O6/c1-5-7-14-23(4)28-21-30(41)39-32(31(24-15-10-8-11-16-24)25-17-12-9-13-18-25)34(43)37-26(20-29(36)40)33(42)38-27(35(44)45-28)19-22(3)6-2/h8-13,15-18,22-23,26-28,31-32H,5-7,14,19-21H2,1-4H3,(H2,36,40)(H,37,43)(H,38,42)(H,39,41)/t22-,23-,26-,27+,28-,32-/m0/s1. The number of benzene rings is 2. The molecule has 1 saturated heterocycles. The number of rotatable bonds is 12. The van der Waals surface area contributed by atoms with Gasteiger partial charge in [-0.15, -0.1) is 0 Å². The van der Waals surface area contributed by atoms with E-state index in [1.165, 1.54) is 0 Å². The summed E-state index contributed by atoms with van der Waals surface area (Å²) in [6.07, 6.45) is 2.14. The van der Waals surface area contributed by atoms with Gasteiger partial charge in [-0.2, -0.15) is 0 Å². The van der Waals surface area contributed by atoms with Crippen molar-refractivity contribution in [2.75, 3.05) is 0 Å². The third-order valence-corrected chi connectivity index (χ3v) is 8.53. The molecule has 1 aliphatic heterocycles.